The van der Waals surface area contributed by atoms with E-state index < -0.39 is 0 Å². The number of ether oxygens (including phenoxy) is 1. The summed E-state index contributed by atoms with van der Waals surface area (Å²) in [4.78, 5) is 22.8. The molecule has 0 radical (unpaired) electrons. The van der Waals surface area contributed by atoms with Gasteiger partial charge in [-0.1, -0.05) is 29.3 Å². The van der Waals surface area contributed by atoms with Crippen LogP contribution in [0.3, 0.4) is 0 Å². The molecule has 0 unspecified atom stereocenters. The van der Waals surface area contributed by atoms with Crippen molar-refractivity contribution in [2.24, 2.45) is 0 Å². The van der Waals surface area contributed by atoms with Gasteiger partial charge in [-0.2, -0.15) is 10.1 Å². The van der Waals surface area contributed by atoms with E-state index in [2.05, 4.69) is 25.5 Å². The SMILES string of the molecule is O=C1c2cnc(Nc3ccc4[nH]ncc4c3)nc2OCN1c1c(Cl)cccc1Cl. The lowest BCUT2D eigenvalue weighted by Gasteiger charge is -2.29. The number of amides is 1. The molecule has 0 aliphatic carbocycles. The average Bonchev–Trinajstić information content (AvgIpc) is 3.17. The fraction of sp³-hybridized carbons (Fsp3) is 0.0526. The molecule has 144 valence electrons. The van der Waals surface area contributed by atoms with E-state index in [0.29, 0.717) is 21.7 Å². The number of halogens is 2. The fourth-order valence-electron chi connectivity index (χ4n) is 3.08. The Morgan fingerprint density at radius 3 is 2.79 bits per heavy atom. The Morgan fingerprint density at radius 1 is 1.14 bits per heavy atom. The van der Waals surface area contributed by atoms with Gasteiger partial charge < -0.3 is 10.1 Å². The normalized spacial score (nSPS) is 13.3. The van der Waals surface area contributed by atoms with Crippen LogP contribution in [0.25, 0.3) is 10.9 Å². The standard InChI is InChI=1S/C19H12Cl2N6O2/c20-13-2-1-3-14(21)16(13)27-9-29-17-12(18(27)28)8-22-19(25-17)24-11-4-5-15-10(6-11)7-23-26-15/h1-8H,9H2,(H,23,26)(H,22,24,25). The lowest BCUT2D eigenvalue weighted by atomic mass is 10.2. The Bertz CT molecular complexity index is 1240. The molecule has 4 aromatic rings. The minimum absolute atomic E-state index is 0.0628. The number of nitrogens with zero attached hydrogens (tertiary/aromatic N) is 4. The number of fused-ring (bicyclic) bond motifs is 2. The summed E-state index contributed by atoms with van der Waals surface area (Å²) < 4.78 is 5.69. The maximum absolute atomic E-state index is 12.9. The molecule has 0 bridgehead atoms. The van der Waals surface area contributed by atoms with E-state index in [9.17, 15) is 4.79 Å². The van der Waals surface area contributed by atoms with E-state index in [1.165, 1.54) is 11.1 Å². The van der Waals surface area contributed by atoms with E-state index >= 15 is 0 Å². The number of aromatic amines is 1. The summed E-state index contributed by atoms with van der Waals surface area (Å²) in [6.07, 6.45) is 3.14. The van der Waals surface area contributed by atoms with Crippen molar-refractivity contribution >= 4 is 57.3 Å². The Kier molecular flexibility index (Phi) is 4.22. The molecule has 0 saturated heterocycles. The van der Waals surface area contributed by atoms with Gasteiger partial charge in [-0.15, -0.1) is 0 Å². The molecule has 2 aromatic heterocycles. The maximum atomic E-state index is 12.9. The number of carbonyl (C=O) groups excluding carboxylic acids is 1. The number of aromatic nitrogens is 4. The number of hydrogen-bond acceptors (Lipinski definition) is 6. The summed E-state index contributed by atoms with van der Waals surface area (Å²) >= 11 is 12.4. The van der Waals surface area contributed by atoms with Gasteiger partial charge in [0.25, 0.3) is 5.91 Å². The molecule has 1 aliphatic rings. The van der Waals surface area contributed by atoms with Crippen LogP contribution in [0, 0.1) is 0 Å². The number of anilines is 3. The zero-order chi connectivity index (χ0) is 20.0. The molecule has 1 amide bonds. The fourth-order valence-corrected chi connectivity index (χ4v) is 3.68. The average molecular weight is 427 g/mol. The predicted octanol–water partition coefficient (Wildman–Crippen LogP) is 4.40. The van der Waals surface area contributed by atoms with E-state index in [-0.39, 0.29) is 24.1 Å². The van der Waals surface area contributed by atoms with Crippen molar-refractivity contribution in [2.75, 3.05) is 16.9 Å². The van der Waals surface area contributed by atoms with Gasteiger partial charge in [-0.05, 0) is 30.3 Å². The van der Waals surface area contributed by atoms with Crippen molar-refractivity contribution in [3.63, 3.8) is 0 Å². The molecule has 3 heterocycles. The Labute approximate surface area is 174 Å². The van der Waals surface area contributed by atoms with Gasteiger partial charge in [0.15, 0.2) is 6.73 Å². The van der Waals surface area contributed by atoms with Gasteiger partial charge in [0.05, 0.1) is 27.4 Å². The number of benzene rings is 2. The molecular weight excluding hydrogens is 415 g/mol. The highest BCUT2D eigenvalue weighted by molar-refractivity contribution is 6.40. The summed E-state index contributed by atoms with van der Waals surface area (Å²) in [7, 11) is 0. The van der Waals surface area contributed by atoms with Crippen LogP contribution in [0.5, 0.6) is 5.88 Å². The second-order valence-electron chi connectivity index (χ2n) is 6.29. The van der Waals surface area contributed by atoms with Crippen molar-refractivity contribution in [1.29, 1.82) is 0 Å². The first-order valence-electron chi connectivity index (χ1n) is 8.56. The van der Waals surface area contributed by atoms with Crippen molar-refractivity contribution in [2.45, 2.75) is 0 Å². The van der Waals surface area contributed by atoms with Gasteiger partial charge in [-0.25, -0.2) is 4.98 Å². The van der Waals surface area contributed by atoms with Crippen LogP contribution in [-0.2, 0) is 0 Å². The third-order valence-corrected chi connectivity index (χ3v) is 5.07. The molecule has 29 heavy (non-hydrogen) atoms. The molecule has 0 fully saturated rings. The van der Waals surface area contributed by atoms with Crippen LogP contribution < -0.4 is 15.0 Å². The van der Waals surface area contributed by atoms with Crippen LogP contribution in [0.1, 0.15) is 10.4 Å². The molecule has 0 atom stereocenters. The van der Waals surface area contributed by atoms with Crippen molar-refractivity contribution in [1.82, 2.24) is 20.2 Å². The minimum atomic E-state index is -0.340. The van der Waals surface area contributed by atoms with Crippen molar-refractivity contribution in [3.05, 3.63) is 64.4 Å². The molecule has 1 aliphatic heterocycles. The molecule has 5 rings (SSSR count). The van der Waals surface area contributed by atoms with Crippen LogP contribution in [0.4, 0.5) is 17.3 Å². The number of nitrogens with one attached hydrogen (secondary N) is 2. The largest absolute Gasteiger partial charge is 0.455 e. The molecular formula is C19H12Cl2N6O2. The number of H-pyrrole nitrogens is 1. The summed E-state index contributed by atoms with van der Waals surface area (Å²) in [5, 5.41) is 11.6. The van der Waals surface area contributed by atoms with Crippen molar-refractivity contribution < 1.29 is 9.53 Å². The Morgan fingerprint density at radius 2 is 1.97 bits per heavy atom. The van der Waals surface area contributed by atoms with E-state index in [1.807, 2.05) is 18.2 Å². The predicted molar refractivity (Wildman–Crippen MR) is 110 cm³/mol. The highest BCUT2D eigenvalue weighted by Gasteiger charge is 2.31. The van der Waals surface area contributed by atoms with Gasteiger partial charge in [0.2, 0.25) is 11.8 Å². The molecule has 2 aromatic carbocycles. The number of rotatable bonds is 3. The highest BCUT2D eigenvalue weighted by atomic mass is 35.5. The zero-order valence-corrected chi connectivity index (χ0v) is 16.2. The van der Waals surface area contributed by atoms with Gasteiger partial charge in [0, 0.05) is 17.3 Å². The van der Waals surface area contributed by atoms with Gasteiger partial charge in [-0.3, -0.25) is 14.8 Å². The highest BCUT2D eigenvalue weighted by Crippen LogP contribution is 2.37. The third kappa shape index (κ3) is 3.12. The van der Waals surface area contributed by atoms with Crippen LogP contribution in [0.2, 0.25) is 10.0 Å². The zero-order valence-electron chi connectivity index (χ0n) is 14.7. The quantitative estimate of drug-likeness (QED) is 0.503. The number of para-hydroxylation sites is 1. The summed E-state index contributed by atoms with van der Waals surface area (Å²) in [5.41, 5.74) is 2.32. The first-order valence-corrected chi connectivity index (χ1v) is 9.31. The van der Waals surface area contributed by atoms with Gasteiger partial charge in [0.1, 0.15) is 5.56 Å². The monoisotopic (exact) mass is 426 g/mol. The first kappa shape index (κ1) is 17.7. The van der Waals surface area contributed by atoms with E-state index in [4.69, 9.17) is 27.9 Å². The molecule has 2 N–H and O–H groups in total. The second kappa shape index (κ2) is 6.91. The summed E-state index contributed by atoms with van der Waals surface area (Å²) in [6.45, 7) is -0.0628. The molecule has 8 nitrogen and oxygen atoms in total. The molecule has 0 spiro atoms. The van der Waals surface area contributed by atoms with Crippen LogP contribution >= 0.6 is 23.2 Å². The minimum Gasteiger partial charge on any atom is -0.455 e. The summed E-state index contributed by atoms with van der Waals surface area (Å²) in [6, 6.07) is 10.7. The lowest BCUT2D eigenvalue weighted by molar-refractivity contribution is 0.0932. The van der Waals surface area contributed by atoms with E-state index in [0.717, 1.165) is 16.6 Å². The van der Waals surface area contributed by atoms with Crippen molar-refractivity contribution in [3.8, 4) is 5.88 Å². The van der Waals surface area contributed by atoms with Crippen LogP contribution in [0.15, 0.2) is 48.8 Å². The third-order valence-electron chi connectivity index (χ3n) is 4.46. The van der Waals surface area contributed by atoms with Gasteiger partial charge >= 0.3 is 0 Å². The Balaban J connectivity index is 1.43. The maximum Gasteiger partial charge on any atom is 0.268 e. The number of carbonyl (C=O) groups is 1. The molecule has 10 heteroatoms. The topological polar surface area (TPSA) is 96.0 Å². The smallest absolute Gasteiger partial charge is 0.268 e. The second-order valence-corrected chi connectivity index (χ2v) is 7.10. The van der Waals surface area contributed by atoms with E-state index in [1.54, 1.807) is 24.4 Å². The lowest BCUT2D eigenvalue weighted by Crippen LogP contribution is -2.39. The number of hydrogen-bond donors (Lipinski definition) is 2. The molecule has 0 saturated carbocycles. The summed E-state index contributed by atoms with van der Waals surface area (Å²) in [5.74, 6) is 0.160. The van der Waals surface area contributed by atoms with Crippen LogP contribution in [-0.4, -0.2) is 32.8 Å². The first-order chi connectivity index (χ1) is 14.1. The Hall–Kier alpha value is -3.36.